The molecule has 0 unspecified atom stereocenters. The molecule has 0 aliphatic rings. The first-order chi connectivity index (χ1) is 5.98. The lowest BCUT2D eigenvalue weighted by Crippen LogP contribution is -2.35. The topological polar surface area (TPSA) is 38.3 Å². The molecule has 0 saturated heterocycles. The van der Waals surface area contributed by atoms with E-state index in [9.17, 15) is 4.79 Å². The highest BCUT2D eigenvalue weighted by Crippen LogP contribution is 2.11. The van der Waals surface area contributed by atoms with Crippen LogP contribution < -0.4 is 5.32 Å². The summed E-state index contributed by atoms with van der Waals surface area (Å²) < 4.78 is 5.15. The van der Waals surface area contributed by atoms with Gasteiger partial charge in [-0.05, 0) is 13.3 Å². The Balaban J connectivity index is 3.38. The van der Waals surface area contributed by atoms with Crippen LogP contribution in [-0.4, -0.2) is 25.7 Å². The van der Waals surface area contributed by atoms with Crippen LogP contribution in [0.2, 0.25) is 0 Å². The van der Waals surface area contributed by atoms with Crippen molar-refractivity contribution >= 4 is 5.91 Å². The van der Waals surface area contributed by atoms with Crippen molar-refractivity contribution < 1.29 is 9.53 Å². The highest BCUT2D eigenvalue weighted by Gasteiger charge is 2.19. The maximum atomic E-state index is 11.3. The van der Waals surface area contributed by atoms with Gasteiger partial charge in [-0.15, -0.1) is 0 Å². The van der Waals surface area contributed by atoms with E-state index in [1.807, 2.05) is 27.7 Å². The molecule has 0 heterocycles. The number of rotatable bonds is 5. The first-order valence-electron chi connectivity index (χ1n) is 4.84. The number of nitrogens with one attached hydrogen (secondary N) is 1. The SMILES string of the molecule is CCOCCCNC(=O)C(C)(C)C. The van der Waals surface area contributed by atoms with Gasteiger partial charge in [0.1, 0.15) is 0 Å². The number of hydrogen-bond donors (Lipinski definition) is 1. The van der Waals surface area contributed by atoms with Gasteiger partial charge in [0.15, 0.2) is 0 Å². The molecule has 3 nitrogen and oxygen atoms in total. The third-order valence-electron chi connectivity index (χ3n) is 1.64. The van der Waals surface area contributed by atoms with Crippen LogP contribution in [0.25, 0.3) is 0 Å². The summed E-state index contributed by atoms with van der Waals surface area (Å²) in [6, 6.07) is 0. The Morgan fingerprint density at radius 1 is 1.38 bits per heavy atom. The average Bonchev–Trinajstić information content (AvgIpc) is 2.02. The van der Waals surface area contributed by atoms with Crippen LogP contribution in [0.3, 0.4) is 0 Å². The predicted octanol–water partition coefficient (Wildman–Crippen LogP) is 1.58. The number of carbonyl (C=O) groups is 1. The van der Waals surface area contributed by atoms with Gasteiger partial charge in [0, 0.05) is 25.2 Å². The molecule has 1 amide bonds. The highest BCUT2D eigenvalue weighted by atomic mass is 16.5. The van der Waals surface area contributed by atoms with Crippen molar-refractivity contribution in [2.75, 3.05) is 19.8 Å². The second-order valence-corrected chi connectivity index (χ2v) is 4.06. The van der Waals surface area contributed by atoms with E-state index in [1.165, 1.54) is 0 Å². The second-order valence-electron chi connectivity index (χ2n) is 4.06. The van der Waals surface area contributed by atoms with Crippen LogP contribution in [0.1, 0.15) is 34.1 Å². The van der Waals surface area contributed by atoms with Gasteiger partial charge < -0.3 is 10.1 Å². The second kappa shape index (κ2) is 5.97. The Kier molecular flexibility index (Phi) is 5.71. The van der Waals surface area contributed by atoms with Crippen LogP contribution in [0.5, 0.6) is 0 Å². The standard InChI is InChI=1S/C10H21NO2/c1-5-13-8-6-7-11-9(12)10(2,3)4/h5-8H2,1-4H3,(H,11,12). The quantitative estimate of drug-likeness (QED) is 0.663. The van der Waals surface area contributed by atoms with Gasteiger partial charge in [-0.1, -0.05) is 20.8 Å². The molecular formula is C10H21NO2. The Hall–Kier alpha value is -0.570. The molecule has 13 heavy (non-hydrogen) atoms. The van der Waals surface area contributed by atoms with Crippen molar-refractivity contribution in [3.63, 3.8) is 0 Å². The highest BCUT2D eigenvalue weighted by molar-refractivity contribution is 5.81. The summed E-state index contributed by atoms with van der Waals surface area (Å²) in [5, 5.41) is 2.86. The normalized spacial score (nSPS) is 11.4. The molecule has 0 fully saturated rings. The number of ether oxygens (including phenoxy) is 1. The van der Waals surface area contributed by atoms with Gasteiger partial charge >= 0.3 is 0 Å². The number of carbonyl (C=O) groups excluding carboxylic acids is 1. The molecule has 0 atom stereocenters. The molecule has 1 N–H and O–H groups in total. The monoisotopic (exact) mass is 187 g/mol. The van der Waals surface area contributed by atoms with Crippen molar-refractivity contribution in [1.29, 1.82) is 0 Å². The molecular weight excluding hydrogens is 166 g/mol. The molecule has 0 aromatic rings. The molecule has 0 aromatic heterocycles. The molecule has 0 saturated carbocycles. The fourth-order valence-corrected chi connectivity index (χ4v) is 0.786. The van der Waals surface area contributed by atoms with Gasteiger partial charge in [-0.2, -0.15) is 0 Å². The molecule has 3 heteroatoms. The van der Waals surface area contributed by atoms with Crippen molar-refractivity contribution in [3.05, 3.63) is 0 Å². The molecule has 0 radical (unpaired) electrons. The van der Waals surface area contributed by atoms with Crippen LogP contribution in [-0.2, 0) is 9.53 Å². The molecule has 0 rings (SSSR count). The first-order valence-corrected chi connectivity index (χ1v) is 4.84. The van der Waals surface area contributed by atoms with E-state index in [1.54, 1.807) is 0 Å². The maximum absolute atomic E-state index is 11.3. The molecule has 0 spiro atoms. The van der Waals surface area contributed by atoms with E-state index in [0.29, 0.717) is 6.54 Å². The summed E-state index contributed by atoms with van der Waals surface area (Å²) in [6.07, 6.45) is 0.885. The lowest BCUT2D eigenvalue weighted by molar-refractivity contribution is -0.128. The van der Waals surface area contributed by atoms with Crippen molar-refractivity contribution in [2.45, 2.75) is 34.1 Å². The Morgan fingerprint density at radius 3 is 2.46 bits per heavy atom. The molecule has 0 aromatic carbocycles. The summed E-state index contributed by atoms with van der Waals surface area (Å²) in [4.78, 5) is 11.3. The van der Waals surface area contributed by atoms with Gasteiger partial charge in [-0.25, -0.2) is 0 Å². The van der Waals surface area contributed by atoms with Gasteiger partial charge in [0.05, 0.1) is 0 Å². The van der Waals surface area contributed by atoms with Crippen LogP contribution in [0.15, 0.2) is 0 Å². The fourth-order valence-electron chi connectivity index (χ4n) is 0.786. The van der Waals surface area contributed by atoms with E-state index in [-0.39, 0.29) is 11.3 Å². The zero-order valence-electron chi connectivity index (χ0n) is 9.14. The zero-order valence-corrected chi connectivity index (χ0v) is 9.14. The van der Waals surface area contributed by atoms with Crippen molar-refractivity contribution in [2.24, 2.45) is 5.41 Å². The zero-order chi connectivity index (χ0) is 10.3. The van der Waals surface area contributed by atoms with E-state index in [2.05, 4.69) is 5.32 Å². The molecule has 0 bridgehead atoms. The smallest absolute Gasteiger partial charge is 0.225 e. The Morgan fingerprint density at radius 2 is 2.00 bits per heavy atom. The van der Waals surface area contributed by atoms with Crippen LogP contribution in [0, 0.1) is 5.41 Å². The van der Waals surface area contributed by atoms with Crippen molar-refractivity contribution in [1.82, 2.24) is 5.32 Å². The van der Waals surface area contributed by atoms with E-state index in [4.69, 9.17) is 4.74 Å². The molecule has 78 valence electrons. The van der Waals surface area contributed by atoms with E-state index >= 15 is 0 Å². The van der Waals surface area contributed by atoms with Gasteiger partial charge in [-0.3, -0.25) is 4.79 Å². The Labute approximate surface area is 80.8 Å². The summed E-state index contributed by atoms with van der Waals surface area (Å²) >= 11 is 0. The summed E-state index contributed by atoms with van der Waals surface area (Å²) in [6.45, 7) is 9.86. The van der Waals surface area contributed by atoms with Crippen LogP contribution in [0.4, 0.5) is 0 Å². The third-order valence-corrected chi connectivity index (χ3v) is 1.64. The Bertz CT molecular complexity index is 149. The van der Waals surface area contributed by atoms with Gasteiger partial charge in [0.25, 0.3) is 0 Å². The minimum absolute atomic E-state index is 0.101. The summed E-state index contributed by atoms with van der Waals surface area (Å²) in [5.41, 5.74) is -0.286. The lowest BCUT2D eigenvalue weighted by atomic mass is 9.96. The predicted molar refractivity (Wildman–Crippen MR) is 53.6 cm³/mol. The minimum Gasteiger partial charge on any atom is -0.382 e. The first kappa shape index (κ1) is 12.4. The average molecular weight is 187 g/mol. The fraction of sp³-hybridized carbons (Fsp3) is 0.900. The summed E-state index contributed by atoms with van der Waals surface area (Å²) in [5.74, 6) is 0.101. The minimum atomic E-state index is -0.286. The maximum Gasteiger partial charge on any atom is 0.225 e. The summed E-state index contributed by atoms with van der Waals surface area (Å²) in [7, 11) is 0. The molecule has 0 aliphatic heterocycles. The van der Waals surface area contributed by atoms with Crippen molar-refractivity contribution in [3.8, 4) is 0 Å². The van der Waals surface area contributed by atoms with E-state index < -0.39 is 0 Å². The van der Waals surface area contributed by atoms with Gasteiger partial charge in [0.2, 0.25) is 5.91 Å². The molecule has 0 aliphatic carbocycles. The number of hydrogen-bond acceptors (Lipinski definition) is 2. The number of amides is 1. The third kappa shape index (κ3) is 6.58. The lowest BCUT2D eigenvalue weighted by Gasteiger charge is -2.17. The largest absolute Gasteiger partial charge is 0.382 e. The van der Waals surface area contributed by atoms with Crippen LogP contribution >= 0.6 is 0 Å². The van der Waals surface area contributed by atoms with E-state index in [0.717, 1.165) is 19.6 Å².